The number of carboxylic acid groups (broad SMARTS) is 2. The molecule has 9 heteroatoms. The maximum Gasteiger partial charge on any atom is 0.321 e. The van der Waals surface area contributed by atoms with Crippen molar-refractivity contribution >= 4 is 22.1 Å². The molecule has 0 aliphatic heterocycles. The quantitative estimate of drug-likeness (QED) is 0.427. The van der Waals surface area contributed by atoms with E-state index in [4.69, 9.17) is 10.2 Å². The lowest BCUT2D eigenvalue weighted by atomic mass is 10.2. The molecule has 1 atom stereocenters. The first-order valence-electron chi connectivity index (χ1n) is 4.50. The number of nitrogens with one attached hydrogen (secondary N) is 2. The van der Waals surface area contributed by atoms with Gasteiger partial charge in [0.05, 0.1) is 0 Å². The molecule has 0 amide bonds. The van der Waals surface area contributed by atoms with E-state index in [1.807, 2.05) is 9.44 Å². The Kier molecular flexibility index (Phi) is 5.93. The SMILES string of the molecule is CCNS(=O)(=O)NC(CCC(=O)O)C(=O)O. The van der Waals surface area contributed by atoms with Crippen LogP contribution in [0.25, 0.3) is 0 Å². The van der Waals surface area contributed by atoms with E-state index >= 15 is 0 Å². The number of hydrogen-bond donors (Lipinski definition) is 4. The molecule has 94 valence electrons. The van der Waals surface area contributed by atoms with Crippen molar-refractivity contribution in [1.29, 1.82) is 0 Å². The van der Waals surface area contributed by atoms with Gasteiger partial charge in [0, 0.05) is 13.0 Å². The molecule has 0 bridgehead atoms. The van der Waals surface area contributed by atoms with Crippen molar-refractivity contribution < 1.29 is 28.2 Å². The third-order valence-electron chi connectivity index (χ3n) is 1.58. The summed E-state index contributed by atoms with van der Waals surface area (Å²) in [5.41, 5.74) is 0. The van der Waals surface area contributed by atoms with Crippen molar-refractivity contribution in [3.05, 3.63) is 0 Å². The second-order valence-corrected chi connectivity index (χ2v) is 4.47. The molecule has 0 spiro atoms. The van der Waals surface area contributed by atoms with Gasteiger partial charge >= 0.3 is 11.9 Å². The van der Waals surface area contributed by atoms with Gasteiger partial charge in [-0.05, 0) is 6.42 Å². The minimum absolute atomic E-state index is 0.112. The first-order chi connectivity index (χ1) is 7.28. The molecule has 0 fully saturated rings. The first-order valence-corrected chi connectivity index (χ1v) is 5.98. The molecule has 0 rings (SSSR count). The zero-order chi connectivity index (χ0) is 12.8. The highest BCUT2D eigenvalue weighted by Crippen LogP contribution is 1.99. The zero-order valence-electron chi connectivity index (χ0n) is 8.63. The summed E-state index contributed by atoms with van der Waals surface area (Å²) in [5.74, 6) is -2.60. The molecule has 0 radical (unpaired) electrons. The minimum Gasteiger partial charge on any atom is -0.481 e. The Morgan fingerprint density at radius 1 is 1.31 bits per heavy atom. The van der Waals surface area contributed by atoms with E-state index in [9.17, 15) is 18.0 Å². The standard InChI is InChI=1S/C7H14N2O6S/c1-2-8-16(14,15)9-5(7(12)13)3-4-6(10)11/h5,8-9H,2-4H2,1H3,(H,10,11)(H,12,13). The van der Waals surface area contributed by atoms with E-state index in [-0.39, 0.29) is 13.0 Å². The number of carbonyl (C=O) groups is 2. The molecule has 1 unspecified atom stereocenters. The van der Waals surface area contributed by atoms with Gasteiger partial charge in [0.25, 0.3) is 10.2 Å². The van der Waals surface area contributed by atoms with Crippen LogP contribution in [0.15, 0.2) is 0 Å². The van der Waals surface area contributed by atoms with Gasteiger partial charge in [0.2, 0.25) is 0 Å². The van der Waals surface area contributed by atoms with Gasteiger partial charge in [-0.25, -0.2) is 4.72 Å². The molecule has 0 saturated carbocycles. The maximum absolute atomic E-state index is 11.2. The number of hydrogen-bond acceptors (Lipinski definition) is 4. The van der Waals surface area contributed by atoms with Crippen LogP contribution in [-0.2, 0) is 19.8 Å². The predicted octanol–water partition coefficient (Wildman–Crippen LogP) is -1.25. The van der Waals surface area contributed by atoms with Crippen LogP contribution in [-0.4, -0.2) is 43.2 Å². The lowest BCUT2D eigenvalue weighted by molar-refractivity contribution is -0.140. The third-order valence-corrected chi connectivity index (χ3v) is 2.84. The molecule has 0 aliphatic carbocycles. The summed E-state index contributed by atoms with van der Waals surface area (Å²) in [4.78, 5) is 20.9. The monoisotopic (exact) mass is 254 g/mol. The fourth-order valence-electron chi connectivity index (χ4n) is 0.920. The fraction of sp³-hybridized carbons (Fsp3) is 0.714. The van der Waals surface area contributed by atoms with Crippen LogP contribution in [0.2, 0.25) is 0 Å². The zero-order valence-corrected chi connectivity index (χ0v) is 9.45. The maximum atomic E-state index is 11.2. The minimum atomic E-state index is -3.90. The largest absolute Gasteiger partial charge is 0.481 e. The van der Waals surface area contributed by atoms with Crippen LogP contribution < -0.4 is 9.44 Å². The molecule has 0 aromatic heterocycles. The van der Waals surface area contributed by atoms with Gasteiger partial charge in [-0.3, -0.25) is 9.59 Å². The molecule has 0 heterocycles. The molecule has 16 heavy (non-hydrogen) atoms. The van der Waals surface area contributed by atoms with Crippen LogP contribution >= 0.6 is 0 Å². The van der Waals surface area contributed by atoms with Crippen molar-refractivity contribution in [2.45, 2.75) is 25.8 Å². The first kappa shape index (κ1) is 14.8. The molecule has 4 N–H and O–H groups in total. The van der Waals surface area contributed by atoms with Gasteiger partial charge in [-0.2, -0.15) is 13.1 Å². The van der Waals surface area contributed by atoms with Crippen LogP contribution in [0.1, 0.15) is 19.8 Å². The van der Waals surface area contributed by atoms with Gasteiger partial charge in [-0.15, -0.1) is 0 Å². The Hall–Kier alpha value is -1.19. The molecular weight excluding hydrogens is 240 g/mol. The lowest BCUT2D eigenvalue weighted by Gasteiger charge is -2.13. The molecule has 0 aromatic carbocycles. The Bertz CT molecular complexity index is 352. The van der Waals surface area contributed by atoms with E-state index in [2.05, 4.69) is 0 Å². The summed E-state index contributed by atoms with van der Waals surface area (Å²) in [7, 11) is -3.90. The van der Waals surface area contributed by atoms with Gasteiger partial charge < -0.3 is 10.2 Å². The fourth-order valence-corrected chi connectivity index (χ4v) is 1.98. The van der Waals surface area contributed by atoms with E-state index < -0.39 is 34.6 Å². The molecule has 0 aromatic rings. The van der Waals surface area contributed by atoms with Crippen LogP contribution in [0.3, 0.4) is 0 Å². The molecule has 0 aliphatic rings. The predicted molar refractivity (Wildman–Crippen MR) is 54.0 cm³/mol. The van der Waals surface area contributed by atoms with Crippen molar-refractivity contribution in [3.8, 4) is 0 Å². The summed E-state index contributed by atoms with van der Waals surface area (Å²) in [6.45, 7) is 1.65. The second-order valence-electron chi connectivity index (χ2n) is 2.94. The average molecular weight is 254 g/mol. The van der Waals surface area contributed by atoms with E-state index in [1.54, 1.807) is 0 Å². The van der Waals surface area contributed by atoms with Gasteiger partial charge in [0.1, 0.15) is 6.04 Å². The molecular formula is C7H14N2O6S. The van der Waals surface area contributed by atoms with Crippen molar-refractivity contribution in [3.63, 3.8) is 0 Å². The number of rotatable bonds is 8. The number of aliphatic carboxylic acids is 2. The van der Waals surface area contributed by atoms with E-state index in [1.165, 1.54) is 6.92 Å². The Morgan fingerprint density at radius 3 is 2.25 bits per heavy atom. The Labute approximate surface area is 92.8 Å². The molecule has 8 nitrogen and oxygen atoms in total. The van der Waals surface area contributed by atoms with Crippen LogP contribution in [0, 0.1) is 0 Å². The highest BCUT2D eigenvalue weighted by molar-refractivity contribution is 7.87. The normalized spacial score (nSPS) is 13.3. The lowest BCUT2D eigenvalue weighted by Crippen LogP contribution is -2.46. The Balaban J connectivity index is 4.45. The second kappa shape index (κ2) is 6.40. The highest BCUT2D eigenvalue weighted by Gasteiger charge is 2.23. The van der Waals surface area contributed by atoms with Crippen LogP contribution in [0.5, 0.6) is 0 Å². The highest BCUT2D eigenvalue weighted by atomic mass is 32.2. The topological polar surface area (TPSA) is 133 Å². The smallest absolute Gasteiger partial charge is 0.321 e. The average Bonchev–Trinajstić information content (AvgIpc) is 2.11. The van der Waals surface area contributed by atoms with Gasteiger partial charge in [-0.1, -0.05) is 6.92 Å². The van der Waals surface area contributed by atoms with Crippen molar-refractivity contribution in [1.82, 2.24) is 9.44 Å². The summed E-state index contributed by atoms with van der Waals surface area (Å²) >= 11 is 0. The Morgan fingerprint density at radius 2 is 1.88 bits per heavy atom. The van der Waals surface area contributed by atoms with E-state index in [0.29, 0.717) is 0 Å². The molecule has 0 saturated heterocycles. The summed E-state index contributed by atoms with van der Waals surface area (Å²) < 4.78 is 26.2. The summed E-state index contributed by atoms with van der Waals surface area (Å²) in [6.07, 6.45) is -0.735. The van der Waals surface area contributed by atoms with Crippen LogP contribution in [0.4, 0.5) is 0 Å². The van der Waals surface area contributed by atoms with Gasteiger partial charge in [0.15, 0.2) is 0 Å². The van der Waals surface area contributed by atoms with Crippen molar-refractivity contribution in [2.24, 2.45) is 0 Å². The number of carboxylic acids is 2. The summed E-state index contributed by atoms with van der Waals surface area (Å²) in [5, 5.41) is 17.0. The summed E-state index contributed by atoms with van der Waals surface area (Å²) in [6, 6.07) is -1.44. The van der Waals surface area contributed by atoms with E-state index in [0.717, 1.165) is 0 Å². The third kappa shape index (κ3) is 6.32. The van der Waals surface area contributed by atoms with Crippen molar-refractivity contribution in [2.75, 3.05) is 6.54 Å².